The van der Waals surface area contributed by atoms with Crippen molar-refractivity contribution in [3.8, 4) is 5.75 Å². The second-order valence-corrected chi connectivity index (χ2v) is 7.06. The van der Waals surface area contributed by atoms with Crippen LogP contribution < -0.4 is 4.74 Å². The Morgan fingerprint density at radius 1 is 1.57 bits per heavy atom. The fourth-order valence-electron chi connectivity index (χ4n) is 1.83. The predicted octanol–water partition coefficient (Wildman–Crippen LogP) is 4.50. The van der Waals surface area contributed by atoms with Gasteiger partial charge in [-0.1, -0.05) is 41.7 Å². The highest BCUT2D eigenvalue weighted by atomic mass is 79.9. The van der Waals surface area contributed by atoms with E-state index in [1.54, 1.807) is 31.4 Å². The summed E-state index contributed by atoms with van der Waals surface area (Å²) >= 11 is 15.9. The van der Waals surface area contributed by atoms with Crippen molar-refractivity contribution in [1.29, 1.82) is 0 Å². The van der Waals surface area contributed by atoms with Crippen LogP contribution in [0.5, 0.6) is 5.75 Å². The molecule has 2 rings (SSSR count). The highest BCUT2D eigenvalue weighted by Gasteiger charge is 2.31. The Hall–Kier alpha value is -0.820. The monoisotopic (exact) mass is 403 g/mol. The molecule has 1 aromatic carbocycles. The molecule has 0 saturated carbocycles. The zero-order valence-electron chi connectivity index (χ0n) is 11.1. The minimum atomic E-state index is -0.136. The molecule has 0 N–H and O–H groups in total. The lowest BCUT2D eigenvalue weighted by molar-refractivity contribution is -0.121. The average Bonchev–Trinajstić information content (AvgIpc) is 2.66. The predicted molar refractivity (Wildman–Crippen MR) is 95.8 cm³/mol. The van der Waals surface area contributed by atoms with Crippen LogP contribution in [0, 0.1) is 0 Å². The zero-order chi connectivity index (χ0) is 15.6. The Morgan fingerprint density at radius 3 is 2.90 bits per heavy atom. The molecule has 0 atom stereocenters. The summed E-state index contributed by atoms with van der Waals surface area (Å²) in [6, 6.07) is 3.48. The Morgan fingerprint density at radius 2 is 2.29 bits per heavy atom. The largest absolute Gasteiger partial charge is 0.495 e. The molecule has 0 aromatic heterocycles. The van der Waals surface area contributed by atoms with Gasteiger partial charge in [0.05, 0.1) is 16.5 Å². The summed E-state index contributed by atoms with van der Waals surface area (Å²) in [5, 5.41) is 0.551. The molecule has 110 valence electrons. The highest BCUT2D eigenvalue weighted by molar-refractivity contribution is 9.10. The third kappa shape index (κ3) is 3.51. The number of rotatable bonds is 4. The number of methoxy groups -OCH3 is 1. The van der Waals surface area contributed by atoms with E-state index >= 15 is 0 Å². The number of nitrogens with zero attached hydrogens (tertiary/aromatic N) is 1. The third-order valence-electron chi connectivity index (χ3n) is 2.71. The first-order chi connectivity index (χ1) is 9.97. The van der Waals surface area contributed by atoms with Gasteiger partial charge in [-0.15, -0.1) is 6.58 Å². The molecule has 0 bridgehead atoms. The van der Waals surface area contributed by atoms with Crippen LogP contribution in [0.3, 0.4) is 0 Å². The third-order valence-corrected chi connectivity index (χ3v) is 4.90. The van der Waals surface area contributed by atoms with Gasteiger partial charge in [-0.25, -0.2) is 0 Å². The van der Waals surface area contributed by atoms with Crippen molar-refractivity contribution in [3.63, 3.8) is 0 Å². The second-order valence-electron chi connectivity index (χ2n) is 4.09. The van der Waals surface area contributed by atoms with Crippen LogP contribution in [0.25, 0.3) is 6.08 Å². The smallest absolute Gasteiger partial charge is 0.266 e. The van der Waals surface area contributed by atoms with Crippen molar-refractivity contribution in [3.05, 3.63) is 44.8 Å². The summed E-state index contributed by atoms with van der Waals surface area (Å²) in [7, 11) is 1.56. The van der Waals surface area contributed by atoms with Crippen LogP contribution >= 0.6 is 51.5 Å². The van der Waals surface area contributed by atoms with Gasteiger partial charge in [0.15, 0.2) is 0 Å². The van der Waals surface area contributed by atoms with Crippen LogP contribution in [0.2, 0.25) is 5.02 Å². The van der Waals surface area contributed by atoms with E-state index in [1.165, 1.54) is 16.7 Å². The molecule has 0 unspecified atom stereocenters. The van der Waals surface area contributed by atoms with Crippen molar-refractivity contribution in [2.45, 2.75) is 0 Å². The van der Waals surface area contributed by atoms with Gasteiger partial charge >= 0.3 is 0 Å². The number of carbonyl (C=O) groups is 1. The van der Waals surface area contributed by atoms with Gasteiger partial charge in [-0.2, -0.15) is 0 Å². The second kappa shape index (κ2) is 6.96. The fraction of sp³-hybridized carbons (Fsp3) is 0.143. The Bertz CT molecular complexity index is 661. The highest BCUT2D eigenvalue weighted by Crippen LogP contribution is 2.38. The number of thiocarbonyl (C=S) groups is 1. The van der Waals surface area contributed by atoms with E-state index in [4.69, 9.17) is 28.6 Å². The summed E-state index contributed by atoms with van der Waals surface area (Å²) in [4.78, 5) is 14.3. The summed E-state index contributed by atoms with van der Waals surface area (Å²) in [5.41, 5.74) is 0.718. The van der Waals surface area contributed by atoms with Crippen molar-refractivity contribution < 1.29 is 9.53 Å². The molecule has 3 nitrogen and oxygen atoms in total. The number of hydrogen-bond donors (Lipinski definition) is 0. The molecule has 1 amide bonds. The van der Waals surface area contributed by atoms with Crippen molar-refractivity contribution >= 4 is 67.8 Å². The first-order valence-corrected chi connectivity index (χ1v) is 8.26. The van der Waals surface area contributed by atoms with E-state index in [2.05, 4.69) is 22.5 Å². The molecule has 0 aliphatic carbocycles. The number of hydrogen-bond acceptors (Lipinski definition) is 4. The van der Waals surface area contributed by atoms with Gasteiger partial charge < -0.3 is 4.74 Å². The number of ether oxygens (including phenoxy) is 1. The maximum absolute atomic E-state index is 12.3. The van der Waals surface area contributed by atoms with Gasteiger partial charge in [-0.3, -0.25) is 9.69 Å². The number of thioether (sulfide) groups is 1. The molecule has 1 saturated heterocycles. The lowest BCUT2D eigenvalue weighted by Gasteiger charge is -2.10. The van der Waals surface area contributed by atoms with Gasteiger partial charge in [0.25, 0.3) is 5.91 Å². The summed E-state index contributed by atoms with van der Waals surface area (Å²) in [5.74, 6) is 0.483. The van der Waals surface area contributed by atoms with E-state index in [0.29, 0.717) is 26.5 Å². The normalized spacial score (nSPS) is 16.7. The van der Waals surface area contributed by atoms with E-state index in [9.17, 15) is 4.79 Å². The molecule has 1 aliphatic rings. The van der Waals surface area contributed by atoms with Gasteiger partial charge in [0, 0.05) is 17.1 Å². The van der Waals surface area contributed by atoms with Gasteiger partial charge in [0.1, 0.15) is 10.1 Å². The summed E-state index contributed by atoms with van der Waals surface area (Å²) in [6.07, 6.45) is 3.38. The van der Waals surface area contributed by atoms with Crippen molar-refractivity contribution in [1.82, 2.24) is 4.90 Å². The minimum Gasteiger partial charge on any atom is -0.495 e. The van der Waals surface area contributed by atoms with E-state index in [-0.39, 0.29) is 5.91 Å². The van der Waals surface area contributed by atoms with E-state index < -0.39 is 0 Å². The maximum Gasteiger partial charge on any atom is 0.266 e. The number of carbonyl (C=O) groups excluding carboxylic acids is 1. The van der Waals surface area contributed by atoms with Crippen LogP contribution in [0.15, 0.2) is 34.2 Å². The molecular formula is C14H11BrClNO2S2. The topological polar surface area (TPSA) is 29.5 Å². The molecule has 7 heteroatoms. The van der Waals surface area contributed by atoms with E-state index in [1.807, 2.05) is 0 Å². The number of halogens is 2. The minimum absolute atomic E-state index is 0.136. The summed E-state index contributed by atoms with van der Waals surface area (Å²) in [6.45, 7) is 4.03. The molecule has 0 radical (unpaired) electrons. The average molecular weight is 405 g/mol. The first kappa shape index (κ1) is 16.5. The molecule has 1 aromatic rings. The van der Waals surface area contributed by atoms with Crippen LogP contribution in [-0.4, -0.2) is 28.8 Å². The molecule has 1 aliphatic heterocycles. The fourth-order valence-corrected chi connectivity index (χ4v) is 4.09. The standard InChI is InChI=1S/C14H11BrClNO2S2/c1-3-4-17-13(18)11(21-14(17)20)6-8-5-9(16)7-10(15)12(8)19-2/h3,5-7H,1,4H2,2H3/b11-6-. The van der Waals surface area contributed by atoms with Crippen LogP contribution in [0.1, 0.15) is 5.56 Å². The lowest BCUT2D eigenvalue weighted by atomic mass is 10.2. The van der Waals surface area contributed by atoms with E-state index in [0.717, 1.165) is 10.0 Å². The quantitative estimate of drug-likeness (QED) is 0.420. The molecule has 1 fully saturated rings. The van der Waals surface area contributed by atoms with Crippen molar-refractivity contribution in [2.75, 3.05) is 13.7 Å². The Balaban J connectivity index is 2.43. The van der Waals surface area contributed by atoms with Crippen LogP contribution in [0.4, 0.5) is 0 Å². The Kier molecular flexibility index (Phi) is 5.48. The van der Waals surface area contributed by atoms with Crippen molar-refractivity contribution in [2.24, 2.45) is 0 Å². The van der Waals surface area contributed by atoms with Gasteiger partial charge in [-0.05, 0) is 34.1 Å². The first-order valence-electron chi connectivity index (χ1n) is 5.87. The zero-order valence-corrected chi connectivity index (χ0v) is 15.0. The molecule has 1 heterocycles. The molecule has 0 spiro atoms. The maximum atomic E-state index is 12.3. The number of benzene rings is 1. The van der Waals surface area contributed by atoms with Crippen LogP contribution in [-0.2, 0) is 4.79 Å². The Labute approximate surface area is 146 Å². The molecular weight excluding hydrogens is 394 g/mol. The SMILES string of the molecule is C=CCN1C(=O)/C(=C/c2cc(Cl)cc(Br)c2OC)SC1=S. The van der Waals surface area contributed by atoms with Gasteiger partial charge in [0.2, 0.25) is 0 Å². The summed E-state index contributed by atoms with van der Waals surface area (Å²) < 4.78 is 6.59. The molecule has 21 heavy (non-hydrogen) atoms. The number of amides is 1. The lowest BCUT2D eigenvalue weighted by Crippen LogP contribution is -2.27.